The molecule has 0 aliphatic rings. The Morgan fingerprint density at radius 1 is 1.71 bits per heavy atom. The van der Waals surface area contributed by atoms with E-state index >= 15 is 0 Å². The molecule has 0 saturated heterocycles. The maximum Gasteiger partial charge on any atom is 0.385 e. The molecule has 0 bridgehead atoms. The van der Waals surface area contributed by atoms with Crippen molar-refractivity contribution in [3.05, 3.63) is 16.1 Å². The minimum absolute atomic E-state index is 0.0719. The van der Waals surface area contributed by atoms with Crippen molar-refractivity contribution in [3.8, 4) is 0 Å². The van der Waals surface area contributed by atoms with Crippen LogP contribution < -0.4 is 0 Å². The molecule has 0 N–H and O–H groups in total. The van der Waals surface area contributed by atoms with Crippen molar-refractivity contribution in [2.75, 3.05) is 6.61 Å². The van der Waals surface area contributed by atoms with E-state index < -0.39 is 17.6 Å². The van der Waals surface area contributed by atoms with E-state index in [1.165, 1.54) is 6.92 Å². The van der Waals surface area contributed by atoms with Gasteiger partial charge in [-0.1, -0.05) is 0 Å². The summed E-state index contributed by atoms with van der Waals surface area (Å²) < 4.78 is 30.7. The van der Waals surface area contributed by atoms with Gasteiger partial charge in [-0.15, -0.1) is 11.3 Å². The lowest BCUT2D eigenvalue weighted by Crippen LogP contribution is -2.28. The van der Waals surface area contributed by atoms with Crippen LogP contribution in [-0.4, -0.2) is 17.6 Å². The third-order valence-corrected chi connectivity index (χ3v) is 2.25. The molecular weight excluding hydrogens is 212 g/mol. The van der Waals surface area contributed by atoms with Crippen molar-refractivity contribution in [1.82, 2.24) is 4.98 Å². The molecule has 0 amide bonds. The Hall–Kier alpha value is -1.04. The zero-order chi connectivity index (χ0) is 10.8. The van der Waals surface area contributed by atoms with Gasteiger partial charge in [0.25, 0.3) is 0 Å². The SMILES string of the molecule is CCOC(=O)C(F)(F)c1csc(C)n1. The summed E-state index contributed by atoms with van der Waals surface area (Å²) in [5, 5.41) is 1.65. The Kier molecular flexibility index (Phi) is 3.15. The number of carbonyl (C=O) groups is 1. The summed E-state index contributed by atoms with van der Waals surface area (Å²) in [6.07, 6.45) is 0. The number of thiazole rings is 1. The quantitative estimate of drug-likeness (QED) is 0.734. The van der Waals surface area contributed by atoms with E-state index in [1.807, 2.05) is 0 Å². The van der Waals surface area contributed by atoms with Gasteiger partial charge in [-0.05, 0) is 13.8 Å². The second-order valence-corrected chi connectivity index (χ2v) is 3.61. The molecule has 0 radical (unpaired) electrons. The minimum Gasteiger partial charge on any atom is -0.461 e. The smallest absolute Gasteiger partial charge is 0.385 e. The van der Waals surface area contributed by atoms with Crippen LogP contribution in [0.4, 0.5) is 8.78 Å². The van der Waals surface area contributed by atoms with E-state index in [2.05, 4.69) is 9.72 Å². The van der Waals surface area contributed by atoms with Gasteiger partial charge in [0, 0.05) is 5.38 Å². The lowest BCUT2D eigenvalue weighted by atomic mass is 10.3. The summed E-state index contributed by atoms with van der Waals surface area (Å²) in [5.74, 6) is -5.19. The Balaban J connectivity index is 2.89. The van der Waals surface area contributed by atoms with Crippen molar-refractivity contribution in [2.45, 2.75) is 19.8 Å². The largest absolute Gasteiger partial charge is 0.461 e. The number of aryl methyl sites for hydroxylation is 1. The first-order valence-electron chi connectivity index (χ1n) is 3.96. The molecule has 0 fully saturated rings. The highest BCUT2D eigenvalue weighted by Crippen LogP contribution is 2.30. The second kappa shape index (κ2) is 4.00. The summed E-state index contributed by atoms with van der Waals surface area (Å²) in [4.78, 5) is 14.4. The molecule has 0 spiro atoms. The van der Waals surface area contributed by atoms with Gasteiger partial charge in [-0.25, -0.2) is 9.78 Å². The Bertz CT molecular complexity index is 338. The second-order valence-electron chi connectivity index (χ2n) is 2.55. The van der Waals surface area contributed by atoms with Gasteiger partial charge in [0.15, 0.2) is 0 Å². The van der Waals surface area contributed by atoms with E-state index in [1.54, 1.807) is 6.92 Å². The van der Waals surface area contributed by atoms with Crippen LogP contribution in [0, 0.1) is 6.92 Å². The number of esters is 1. The average molecular weight is 221 g/mol. The van der Waals surface area contributed by atoms with Gasteiger partial charge in [-0.3, -0.25) is 0 Å². The lowest BCUT2D eigenvalue weighted by Gasteiger charge is -2.11. The fourth-order valence-corrected chi connectivity index (χ4v) is 1.47. The fraction of sp³-hybridized carbons (Fsp3) is 0.500. The Morgan fingerprint density at radius 2 is 2.36 bits per heavy atom. The fourth-order valence-electron chi connectivity index (χ4n) is 0.834. The van der Waals surface area contributed by atoms with Gasteiger partial charge in [-0.2, -0.15) is 8.78 Å². The van der Waals surface area contributed by atoms with Crippen LogP contribution in [0.3, 0.4) is 0 Å². The molecule has 0 aromatic carbocycles. The van der Waals surface area contributed by atoms with Crippen LogP contribution in [0.2, 0.25) is 0 Å². The van der Waals surface area contributed by atoms with Gasteiger partial charge < -0.3 is 4.74 Å². The molecule has 0 saturated carbocycles. The maximum absolute atomic E-state index is 13.2. The number of nitrogens with zero attached hydrogens (tertiary/aromatic N) is 1. The van der Waals surface area contributed by atoms with Crippen LogP contribution in [0.5, 0.6) is 0 Å². The third-order valence-electron chi connectivity index (χ3n) is 1.47. The van der Waals surface area contributed by atoms with Crippen molar-refractivity contribution < 1.29 is 18.3 Å². The zero-order valence-electron chi connectivity index (χ0n) is 7.71. The van der Waals surface area contributed by atoms with E-state index in [9.17, 15) is 13.6 Å². The summed E-state index contributed by atoms with van der Waals surface area (Å²) in [6.45, 7) is 2.99. The van der Waals surface area contributed by atoms with E-state index in [-0.39, 0.29) is 6.61 Å². The third kappa shape index (κ3) is 2.06. The first-order chi connectivity index (χ1) is 6.48. The zero-order valence-corrected chi connectivity index (χ0v) is 8.53. The predicted octanol–water partition coefficient (Wildman–Crippen LogP) is 2.11. The highest BCUT2D eigenvalue weighted by molar-refractivity contribution is 7.09. The molecule has 0 atom stereocenters. The molecule has 0 unspecified atom stereocenters. The number of hydrogen-bond acceptors (Lipinski definition) is 4. The van der Waals surface area contributed by atoms with Gasteiger partial charge in [0.05, 0.1) is 11.6 Å². The van der Waals surface area contributed by atoms with Crippen LogP contribution >= 0.6 is 11.3 Å². The Morgan fingerprint density at radius 3 is 2.79 bits per heavy atom. The number of hydrogen-bond donors (Lipinski definition) is 0. The molecule has 1 aromatic rings. The highest BCUT2D eigenvalue weighted by Gasteiger charge is 2.44. The number of ether oxygens (including phenoxy) is 1. The number of rotatable bonds is 3. The molecule has 1 aromatic heterocycles. The highest BCUT2D eigenvalue weighted by atomic mass is 32.1. The van der Waals surface area contributed by atoms with Crippen LogP contribution in [0.15, 0.2) is 5.38 Å². The summed E-state index contributed by atoms with van der Waals surface area (Å²) in [5.41, 5.74) is -0.543. The van der Waals surface area contributed by atoms with Crippen molar-refractivity contribution >= 4 is 17.3 Å². The van der Waals surface area contributed by atoms with E-state index in [4.69, 9.17) is 0 Å². The van der Waals surface area contributed by atoms with Gasteiger partial charge >= 0.3 is 11.9 Å². The molecule has 1 rings (SSSR count). The molecule has 1 heterocycles. The van der Waals surface area contributed by atoms with Gasteiger partial charge in [0.1, 0.15) is 5.69 Å². The summed E-state index contributed by atoms with van der Waals surface area (Å²) in [6, 6.07) is 0. The van der Waals surface area contributed by atoms with Gasteiger partial charge in [0.2, 0.25) is 0 Å². The summed E-state index contributed by atoms with van der Waals surface area (Å²) >= 11 is 1.07. The monoisotopic (exact) mass is 221 g/mol. The maximum atomic E-state index is 13.2. The predicted molar refractivity (Wildman–Crippen MR) is 47.4 cm³/mol. The lowest BCUT2D eigenvalue weighted by molar-refractivity contribution is -0.173. The normalized spacial score (nSPS) is 11.4. The van der Waals surface area contributed by atoms with Crippen molar-refractivity contribution in [3.63, 3.8) is 0 Å². The molecule has 0 aliphatic carbocycles. The van der Waals surface area contributed by atoms with Crippen molar-refractivity contribution in [1.29, 1.82) is 0 Å². The van der Waals surface area contributed by atoms with E-state index in [0.717, 1.165) is 16.7 Å². The molecule has 14 heavy (non-hydrogen) atoms. The molecule has 0 aliphatic heterocycles. The number of aromatic nitrogens is 1. The standard InChI is InChI=1S/C8H9F2NO2S/c1-3-13-7(12)8(9,10)6-4-14-5(2)11-6/h4H,3H2,1-2H3. The van der Waals surface area contributed by atoms with Crippen LogP contribution in [0.25, 0.3) is 0 Å². The van der Waals surface area contributed by atoms with E-state index in [0.29, 0.717) is 5.01 Å². The number of alkyl halides is 2. The molecule has 78 valence electrons. The molecule has 3 nitrogen and oxygen atoms in total. The number of halogens is 2. The topological polar surface area (TPSA) is 39.2 Å². The first-order valence-corrected chi connectivity index (χ1v) is 4.84. The average Bonchev–Trinajstić information content (AvgIpc) is 2.52. The van der Waals surface area contributed by atoms with Crippen LogP contribution in [-0.2, 0) is 15.5 Å². The molecule has 6 heteroatoms. The number of carbonyl (C=O) groups excluding carboxylic acids is 1. The minimum atomic E-state index is -3.64. The van der Waals surface area contributed by atoms with Crippen LogP contribution in [0.1, 0.15) is 17.6 Å². The van der Waals surface area contributed by atoms with Crippen molar-refractivity contribution in [2.24, 2.45) is 0 Å². The molecular formula is C8H9F2NO2S. The summed E-state index contributed by atoms with van der Waals surface area (Å²) in [7, 11) is 0. The Labute approximate surface area is 83.7 Å². The first kappa shape index (κ1) is 11.0.